The molecule has 0 aromatic carbocycles. The number of carbonyl (C=O) groups is 1. The van der Waals surface area contributed by atoms with E-state index < -0.39 is 0 Å². The SMILES string of the molecule is CNCCCON=C1CCC2(C)C(CCC3C4CCC(=O)C4(C)CCC32)C1. The molecule has 0 radical (unpaired) electrons. The molecule has 0 amide bonds. The largest absolute Gasteiger partial charge is 0.396 e. The van der Waals surface area contributed by atoms with Crippen molar-refractivity contribution >= 4 is 11.5 Å². The maximum absolute atomic E-state index is 12.5. The highest BCUT2D eigenvalue weighted by Gasteiger charge is 2.60. The van der Waals surface area contributed by atoms with Gasteiger partial charge in [-0.3, -0.25) is 4.79 Å². The second kappa shape index (κ2) is 7.50. The number of Topliss-reactive ketones (excluding diaryl/α,β-unsaturated/α-hetero) is 1. The van der Waals surface area contributed by atoms with E-state index in [0.717, 1.165) is 62.8 Å². The van der Waals surface area contributed by atoms with Crippen LogP contribution in [0.5, 0.6) is 0 Å². The minimum Gasteiger partial charge on any atom is -0.396 e. The summed E-state index contributed by atoms with van der Waals surface area (Å²) in [5, 5.41) is 7.65. The molecule has 0 spiro atoms. The molecule has 6 atom stereocenters. The van der Waals surface area contributed by atoms with Crippen LogP contribution in [0, 0.1) is 34.5 Å². The fourth-order valence-electron chi connectivity index (χ4n) is 7.36. The lowest BCUT2D eigenvalue weighted by Gasteiger charge is -2.59. The van der Waals surface area contributed by atoms with Gasteiger partial charge in [0.2, 0.25) is 0 Å². The summed E-state index contributed by atoms with van der Waals surface area (Å²) in [6, 6.07) is 0. The van der Waals surface area contributed by atoms with Crippen molar-refractivity contribution in [1.29, 1.82) is 0 Å². The Balaban J connectivity index is 1.42. The lowest BCUT2D eigenvalue weighted by atomic mass is 9.45. The van der Waals surface area contributed by atoms with Crippen molar-refractivity contribution in [2.45, 2.75) is 78.1 Å². The molecule has 4 nitrogen and oxygen atoms in total. The molecule has 0 heterocycles. The smallest absolute Gasteiger partial charge is 0.139 e. The van der Waals surface area contributed by atoms with E-state index in [1.54, 1.807) is 0 Å². The highest BCUT2D eigenvalue weighted by Crippen LogP contribution is 2.65. The molecule has 4 saturated carbocycles. The molecule has 6 unspecified atom stereocenters. The predicted molar refractivity (Wildman–Crippen MR) is 109 cm³/mol. The number of hydrogen-bond acceptors (Lipinski definition) is 4. The van der Waals surface area contributed by atoms with Crippen molar-refractivity contribution in [1.82, 2.24) is 5.32 Å². The van der Waals surface area contributed by atoms with Crippen molar-refractivity contribution in [2.75, 3.05) is 20.2 Å². The Bertz CT molecular complexity index is 603. The van der Waals surface area contributed by atoms with Crippen LogP contribution in [0.3, 0.4) is 0 Å². The van der Waals surface area contributed by atoms with Crippen molar-refractivity contribution in [2.24, 2.45) is 39.7 Å². The van der Waals surface area contributed by atoms with Crippen molar-refractivity contribution < 1.29 is 9.63 Å². The molecular formula is C23H38N2O2. The Labute approximate surface area is 164 Å². The number of nitrogens with zero attached hydrogens (tertiary/aromatic N) is 1. The Kier molecular flexibility index (Phi) is 5.39. The predicted octanol–water partition coefficient (Wildman–Crippen LogP) is 4.58. The summed E-state index contributed by atoms with van der Waals surface area (Å²) >= 11 is 0. The molecule has 4 aliphatic carbocycles. The van der Waals surface area contributed by atoms with E-state index in [-0.39, 0.29) is 5.41 Å². The van der Waals surface area contributed by atoms with Crippen LogP contribution in [0.1, 0.15) is 78.1 Å². The van der Waals surface area contributed by atoms with Crippen molar-refractivity contribution in [3.63, 3.8) is 0 Å². The normalized spacial score (nSPS) is 45.3. The lowest BCUT2D eigenvalue weighted by Crippen LogP contribution is -2.53. The van der Waals surface area contributed by atoms with Gasteiger partial charge < -0.3 is 10.2 Å². The molecule has 0 saturated heterocycles. The first-order valence-electron chi connectivity index (χ1n) is 11.3. The topological polar surface area (TPSA) is 50.7 Å². The average molecular weight is 375 g/mol. The number of oxime groups is 1. The zero-order chi connectivity index (χ0) is 19.1. The van der Waals surface area contributed by atoms with Gasteiger partial charge in [-0.25, -0.2) is 0 Å². The summed E-state index contributed by atoms with van der Waals surface area (Å²) in [5.74, 6) is 3.58. The Morgan fingerprint density at radius 3 is 2.78 bits per heavy atom. The maximum atomic E-state index is 12.5. The molecule has 4 rings (SSSR count). The van der Waals surface area contributed by atoms with Crippen LogP contribution in [0.15, 0.2) is 5.16 Å². The first-order chi connectivity index (χ1) is 13.0. The van der Waals surface area contributed by atoms with Gasteiger partial charge in [0.25, 0.3) is 0 Å². The molecule has 0 aliphatic heterocycles. The van der Waals surface area contributed by atoms with Gasteiger partial charge in [-0.1, -0.05) is 19.0 Å². The number of rotatable bonds is 5. The summed E-state index contributed by atoms with van der Waals surface area (Å²) in [7, 11) is 1.97. The van der Waals surface area contributed by atoms with Gasteiger partial charge in [-0.05, 0) is 100 Å². The molecule has 0 bridgehead atoms. The highest BCUT2D eigenvalue weighted by molar-refractivity contribution is 5.87. The molecule has 152 valence electrons. The van der Waals surface area contributed by atoms with E-state index in [1.807, 2.05) is 7.05 Å². The van der Waals surface area contributed by atoms with Crippen molar-refractivity contribution in [3.8, 4) is 0 Å². The van der Waals surface area contributed by atoms with E-state index >= 15 is 0 Å². The Hall–Kier alpha value is -0.900. The van der Waals surface area contributed by atoms with Gasteiger partial charge in [0.15, 0.2) is 0 Å². The molecular weight excluding hydrogens is 336 g/mol. The van der Waals surface area contributed by atoms with Gasteiger partial charge in [0.05, 0.1) is 5.71 Å². The van der Waals surface area contributed by atoms with E-state index in [0.29, 0.717) is 23.7 Å². The maximum Gasteiger partial charge on any atom is 0.139 e. The summed E-state index contributed by atoms with van der Waals surface area (Å²) in [4.78, 5) is 18.1. The summed E-state index contributed by atoms with van der Waals surface area (Å²) < 4.78 is 0. The molecule has 4 heteroatoms. The van der Waals surface area contributed by atoms with E-state index in [9.17, 15) is 4.79 Å². The van der Waals surface area contributed by atoms with Crippen LogP contribution < -0.4 is 5.32 Å². The first-order valence-corrected chi connectivity index (χ1v) is 11.3. The second-order valence-electron chi connectivity index (χ2n) is 10.2. The van der Waals surface area contributed by atoms with Crippen LogP contribution in [-0.4, -0.2) is 31.7 Å². The number of nitrogens with one attached hydrogen (secondary N) is 1. The average Bonchev–Trinajstić information content (AvgIpc) is 2.97. The lowest BCUT2D eigenvalue weighted by molar-refractivity contribution is -0.137. The standard InChI is InChI=1S/C23H38N2O2/c1-22-11-9-17(25-27-14-4-13-24-3)15-16(22)5-6-18-19-7-8-21(26)23(19,2)12-10-20(18)22/h16,18-20,24H,4-15H2,1-3H3. The number of hydrogen-bond donors (Lipinski definition) is 1. The summed E-state index contributed by atoms with van der Waals surface area (Å²) in [6.45, 7) is 6.55. The fourth-order valence-corrected chi connectivity index (χ4v) is 7.36. The minimum atomic E-state index is 0.00678. The van der Waals surface area contributed by atoms with Gasteiger partial charge in [0, 0.05) is 11.8 Å². The second-order valence-corrected chi connectivity index (χ2v) is 10.2. The van der Waals surface area contributed by atoms with Crippen LogP contribution in [0.2, 0.25) is 0 Å². The van der Waals surface area contributed by atoms with E-state index in [2.05, 4.69) is 24.3 Å². The van der Waals surface area contributed by atoms with Gasteiger partial charge >= 0.3 is 0 Å². The van der Waals surface area contributed by atoms with Gasteiger partial charge in [-0.2, -0.15) is 0 Å². The molecule has 27 heavy (non-hydrogen) atoms. The fraction of sp³-hybridized carbons (Fsp3) is 0.913. The number of fused-ring (bicyclic) bond motifs is 5. The van der Waals surface area contributed by atoms with E-state index in [4.69, 9.17) is 4.84 Å². The number of ketones is 1. The highest BCUT2D eigenvalue weighted by atomic mass is 16.6. The molecule has 4 fully saturated rings. The molecule has 1 N–H and O–H groups in total. The minimum absolute atomic E-state index is 0.00678. The van der Waals surface area contributed by atoms with Gasteiger partial charge in [0.1, 0.15) is 12.4 Å². The molecule has 0 aromatic heterocycles. The van der Waals surface area contributed by atoms with E-state index in [1.165, 1.54) is 31.4 Å². The van der Waals surface area contributed by atoms with Gasteiger partial charge in [-0.15, -0.1) is 0 Å². The van der Waals surface area contributed by atoms with Crippen LogP contribution in [-0.2, 0) is 9.63 Å². The number of carbonyl (C=O) groups excluding carboxylic acids is 1. The third kappa shape index (κ3) is 3.26. The van der Waals surface area contributed by atoms with Crippen molar-refractivity contribution in [3.05, 3.63) is 0 Å². The first kappa shape index (κ1) is 19.4. The monoisotopic (exact) mass is 374 g/mol. The third-order valence-corrected chi connectivity index (χ3v) is 9.06. The zero-order valence-electron chi connectivity index (χ0n) is 17.6. The van der Waals surface area contributed by atoms with Crippen LogP contribution in [0.4, 0.5) is 0 Å². The molecule has 4 aliphatic rings. The quantitative estimate of drug-likeness (QED) is 0.566. The van der Waals surface area contributed by atoms with Crippen LogP contribution in [0.25, 0.3) is 0 Å². The van der Waals surface area contributed by atoms with Crippen LogP contribution >= 0.6 is 0 Å². The third-order valence-electron chi connectivity index (χ3n) is 9.06. The summed E-state index contributed by atoms with van der Waals surface area (Å²) in [6.07, 6.45) is 11.5. The Morgan fingerprint density at radius 2 is 1.96 bits per heavy atom. The zero-order valence-corrected chi connectivity index (χ0v) is 17.6. The summed E-state index contributed by atoms with van der Waals surface area (Å²) in [5.41, 5.74) is 1.74. The Morgan fingerprint density at radius 1 is 1.11 bits per heavy atom. The molecule has 0 aromatic rings.